The fraction of sp³-hybridized carbons (Fsp3) is 0.273. The molecule has 0 aromatic heterocycles. The second kappa shape index (κ2) is 6.55. The predicted molar refractivity (Wildman–Crippen MR) is 64.2 cm³/mol. The Morgan fingerprint density at radius 2 is 2.31 bits per heavy atom. The molecule has 0 spiro atoms. The van der Waals surface area contributed by atoms with Crippen LogP contribution in [0.2, 0.25) is 5.02 Å². The average molecular weight is 259 g/mol. The van der Waals surface area contributed by atoms with E-state index >= 15 is 0 Å². The van der Waals surface area contributed by atoms with Crippen molar-refractivity contribution in [3.63, 3.8) is 0 Å². The van der Waals surface area contributed by atoms with Gasteiger partial charge in [-0.1, -0.05) is 11.6 Å². The van der Waals surface area contributed by atoms with Gasteiger partial charge in [0.2, 0.25) is 0 Å². The number of halogens is 1. The Hall–Kier alpha value is -1.00. The lowest BCUT2D eigenvalue weighted by atomic mass is 10.2. The van der Waals surface area contributed by atoms with E-state index in [-0.39, 0.29) is 5.97 Å². The molecule has 3 nitrogen and oxygen atoms in total. The number of hydrogen-bond donors (Lipinski definition) is 0. The Morgan fingerprint density at radius 1 is 1.56 bits per heavy atom. The SMILES string of the molecule is COC(=O)CCSc1ccc(Cl)cc1C=O. The van der Waals surface area contributed by atoms with Crippen molar-refractivity contribution in [2.45, 2.75) is 11.3 Å². The first-order chi connectivity index (χ1) is 7.67. The van der Waals surface area contributed by atoms with Gasteiger partial charge in [-0.15, -0.1) is 11.8 Å². The van der Waals surface area contributed by atoms with E-state index in [4.69, 9.17) is 11.6 Å². The molecule has 0 bridgehead atoms. The van der Waals surface area contributed by atoms with E-state index in [1.807, 2.05) is 0 Å². The molecule has 0 heterocycles. The summed E-state index contributed by atoms with van der Waals surface area (Å²) in [4.78, 5) is 22.5. The molecule has 1 aromatic rings. The van der Waals surface area contributed by atoms with Gasteiger partial charge in [-0.05, 0) is 18.2 Å². The van der Waals surface area contributed by atoms with Crippen LogP contribution < -0.4 is 0 Å². The van der Waals surface area contributed by atoms with Crippen LogP contribution in [0.1, 0.15) is 16.8 Å². The highest BCUT2D eigenvalue weighted by molar-refractivity contribution is 7.99. The van der Waals surface area contributed by atoms with Gasteiger partial charge >= 0.3 is 5.97 Å². The molecule has 1 rings (SSSR count). The molecule has 0 atom stereocenters. The summed E-state index contributed by atoms with van der Waals surface area (Å²) in [5, 5.41) is 0.527. The molecule has 0 aliphatic carbocycles. The van der Waals surface area contributed by atoms with E-state index in [1.54, 1.807) is 18.2 Å². The highest BCUT2D eigenvalue weighted by atomic mass is 35.5. The highest BCUT2D eigenvalue weighted by Gasteiger charge is 2.05. The number of carbonyl (C=O) groups is 2. The van der Waals surface area contributed by atoms with Gasteiger partial charge in [-0.2, -0.15) is 0 Å². The van der Waals surface area contributed by atoms with Crippen LogP contribution in [0.15, 0.2) is 23.1 Å². The van der Waals surface area contributed by atoms with Crippen LogP contribution in [-0.4, -0.2) is 25.1 Å². The summed E-state index contributed by atoms with van der Waals surface area (Å²) in [6.07, 6.45) is 1.08. The number of thioether (sulfide) groups is 1. The van der Waals surface area contributed by atoms with Crippen molar-refractivity contribution >= 4 is 35.6 Å². The zero-order chi connectivity index (χ0) is 12.0. The van der Waals surface area contributed by atoms with Crippen molar-refractivity contribution in [3.05, 3.63) is 28.8 Å². The van der Waals surface area contributed by atoms with E-state index < -0.39 is 0 Å². The van der Waals surface area contributed by atoms with Gasteiger partial charge in [0.15, 0.2) is 6.29 Å². The smallest absolute Gasteiger partial charge is 0.306 e. The van der Waals surface area contributed by atoms with Crippen LogP contribution in [0.5, 0.6) is 0 Å². The third-order valence-electron chi connectivity index (χ3n) is 1.89. The predicted octanol–water partition coefficient (Wildman–Crippen LogP) is 2.81. The Morgan fingerprint density at radius 3 is 2.94 bits per heavy atom. The molecular formula is C11H11ClO3S. The summed E-state index contributed by atoms with van der Waals surface area (Å²) in [5.74, 6) is 0.323. The molecule has 0 N–H and O–H groups in total. The monoisotopic (exact) mass is 258 g/mol. The van der Waals surface area contributed by atoms with Gasteiger partial charge in [-0.25, -0.2) is 0 Å². The van der Waals surface area contributed by atoms with Gasteiger partial charge in [-0.3, -0.25) is 9.59 Å². The lowest BCUT2D eigenvalue weighted by Crippen LogP contribution is -2.01. The highest BCUT2D eigenvalue weighted by Crippen LogP contribution is 2.25. The molecule has 1 aromatic carbocycles. The van der Waals surface area contributed by atoms with Crippen LogP contribution in [0.25, 0.3) is 0 Å². The normalized spacial score (nSPS) is 9.88. The number of ether oxygens (including phenoxy) is 1. The van der Waals surface area contributed by atoms with Crippen molar-refractivity contribution in [1.82, 2.24) is 0 Å². The lowest BCUT2D eigenvalue weighted by molar-refractivity contribution is -0.140. The summed E-state index contributed by atoms with van der Waals surface area (Å²) in [6.45, 7) is 0. The fourth-order valence-corrected chi connectivity index (χ4v) is 2.20. The molecule has 0 amide bonds. The van der Waals surface area contributed by atoms with Crippen LogP contribution in [-0.2, 0) is 9.53 Å². The van der Waals surface area contributed by atoms with Gasteiger partial charge in [0, 0.05) is 21.2 Å². The molecular weight excluding hydrogens is 248 g/mol. The van der Waals surface area contributed by atoms with Crippen LogP contribution in [0.4, 0.5) is 0 Å². The number of benzene rings is 1. The topological polar surface area (TPSA) is 43.4 Å². The van der Waals surface area contributed by atoms with E-state index in [1.165, 1.54) is 18.9 Å². The molecule has 86 valence electrons. The summed E-state index contributed by atoms with van der Waals surface area (Å²) < 4.78 is 4.52. The number of rotatable bonds is 5. The molecule has 0 aliphatic rings. The first-order valence-corrected chi connectivity index (χ1v) is 5.98. The number of methoxy groups -OCH3 is 1. The summed E-state index contributed by atoms with van der Waals surface area (Å²) in [7, 11) is 1.35. The first-order valence-electron chi connectivity index (χ1n) is 4.61. The zero-order valence-corrected chi connectivity index (χ0v) is 10.3. The van der Waals surface area contributed by atoms with Gasteiger partial charge in [0.1, 0.15) is 0 Å². The van der Waals surface area contributed by atoms with E-state index in [9.17, 15) is 9.59 Å². The summed E-state index contributed by atoms with van der Waals surface area (Å²) in [5.41, 5.74) is 0.544. The summed E-state index contributed by atoms with van der Waals surface area (Å²) >= 11 is 7.19. The van der Waals surface area contributed by atoms with Crippen LogP contribution >= 0.6 is 23.4 Å². The minimum atomic E-state index is -0.255. The van der Waals surface area contributed by atoms with Crippen molar-refractivity contribution < 1.29 is 14.3 Å². The molecule has 0 saturated carbocycles. The van der Waals surface area contributed by atoms with Crippen molar-refractivity contribution in [2.24, 2.45) is 0 Å². The van der Waals surface area contributed by atoms with E-state index in [2.05, 4.69) is 4.74 Å². The Balaban J connectivity index is 2.60. The number of hydrogen-bond acceptors (Lipinski definition) is 4. The zero-order valence-electron chi connectivity index (χ0n) is 8.73. The van der Waals surface area contributed by atoms with E-state index in [0.717, 1.165) is 11.2 Å². The van der Waals surface area contributed by atoms with Crippen molar-refractivity contribution in [1.29, 1.82) is 0 Å². The standard InChI is InChI=1S/C11H11ClO3S/c1-15-11(14)4-5-16-10-3-2-9(12)6-8(10)7-13/h2-3,6-7H,4-5H2,1H3. The molecule has 5 heteroatoms. The minimum absolute atomic E-state index is 0.255. The van der Waals surface area contributed by atoms with Crippen LogP contribution in [0, 0.1) is 0 Å². The van der Waals surface area contributed by atoms with Crippen molar-refractivity contribution in [2.75, 3.05) is 12.9 Å². The maximum absolute atomic E-state index is 10.9. The second-order valence-electron chi connectivity index (χ2n) is 2.97. The van der Waals surface area contributed by atoms with Crippen LogP contribution in [0.3, 0.4) is 0 Å². The maximum atomic E-state index is 10.9. The lowest BCUT2D eigenvalue weighted by Gasteiger charge is -2.04. The quantitative estimate of drug-likeness (QED) is 0.463. The Labute approximate surface area is 103 Å². The summed E-state index contributed by atoms with van der Waals surface area (Å²) in [6, 6.07) is 5.10. The number of aldehydes is 1. The first kappa shape index (κ1) is 13.1. The number of carbonyl (C=O) groups excluding carboxylic acids is 2. The molecule has 0 saturated heterocycles. The molecule has 0 unspecified atom stereocenters. The molecule has 0 fully saturated rings. The Kier molecular flexibility index (Phi) is 5.35. The molecule has 0 aliphatic heterocycles. The van der Waals surface area contributed by atoms with Crippen molar-refractivity contribution in [3.8, 4) is 0 Å². The van der Waals surface area contributed by atoms with Gasteiger partial charge < -0.3 is 4.74 Å². The largest absolute Gasteiger partial charge is 0.469 e. The van der Waals surface area contributed by atoms with Gasteiger partial charge in [0.25, 0.3) is 0 Å². The average Bonchev–Trinajstić information content (AvgIpc) is 2.30. The molecule has 16 heavy (non-hydrogen) atoms. The van der Waals surface area contributed by atoms with Gasteiger partial charge in [0.05, 0.1) is 13.5 Å². The third kappa shape index (κ3) is 3.87. The Bertz CT molecular complexity index is 393. The minimum Gasteiger partial charge on any atom is -0.469 e. The molecule has 0 radical (unpaired) electrons. The number of esters is 1. The third-order valence-corrected chi connectivity index (χ3v) is 3.22. The maximum Gasteiger partial charge on any atom is 0.306 e. The van der Waals surface area contributed by atoms with E-state index in [0.29, 0.717) is 22.8 Å². The fourth-order valence-electron chi connectivity index (χ4n) is 1.09. The second-order valence-corrected chi connectivity index (χ2v) is 4.55.